The quantitative estimate of drug-likeness (QED) is 0.592. The molecule has 2 rings (SSSR count). The van der Waals surface area contributed by atoms with Gasteiger partial charge in [0.05, 0.1) is 12.2 Å². The fourth-order valence-corrected chi connectivity index (χ4v) is 1.76. The number of allylic oxidation sites excluding steroid dienone is 1. The van der Waals surface area contributed by atoms with Crippen molar-refractivity contribution < 1.29 is 9.53 Å². The van der Waals surface area contributed by atoms with Crippen LogP contribution in [0, 0.1) is 0 Å². The van der Waals surface area contributed by atoms with Crippen molar-refractivity contribution in [3.8, 4) is 0 Å². The number of hydrogen-bond acceptors (Lipinski definition) is 2. The summed E-state index contributed by atoms with van der Waals surface area (Å²) in [4.78, 5) is 11.7. The molecule has 0 radical (unpaired) electrons. The maximum Gasteiger partial charge on any atom is 0.259 e. The topological polar surface area (TPSA) is 38.3 Å². The third kappa shape index (κ3) is 1.61. The Bertz CT molecular complexity index is 435. The second-order valence-corrected chi connectivity index (χ2v) is 3.36. The second kappa shape index (κ2) is 3.77. The first-order valence-electron chi connectivity index (χ1n) is 4.98. The molecule has 0 spiro atoms. The molecule has 0 aromatic heterocycles. The van der Waals surface area contributed by atoms with E-state index < -0.39 is 0 Å². The first kappa shape index (κ1) is 9.77. The number of fused-ring (bicyclic) bond motifs is 1. The summed E-state index contributed by atoms with van der Waals surface area (Å²) < 4.78 is 5.37. The van der Waals surface area contributed by atoms with Crippen LogP contribution in [0.15, 0.2) is 30.0 Å². The summed E-state index contributed by atoms with van der Waals surface area (Å²) in [5.74, 6) is 0.599. The minimum atomic E-state index is -0.0813. The van der Waals surface area contributed by atoms with Crippen molar-refractivity contribution >= 4 is 17.2 Å². The van der Waals surface area contributed by atoms with Crippen LogP contribution in [0.3, 0.4) is 0 Å². The molecule has 15 heavy (non-hydrogen) atoms. The van der Waals surface area contributed by atoms with Gasteiger partial charge in [-0.05, 0) is 19.9 Å². The van der Waals surface area contributed by atoms with Crippen LogP contribution in [0.5, 0.6) is 0 Å². The number of para-hydroxylation sites is 1. The van der Waals surface area contributed by atoms with Gasteiger partial charge in [-0.15, -0.1) is 0 Å². The number of hydrogen-bond donors (Lipinski definition) is 1. The molecule has 0 bridgehead atoms. The molecule has 3 heteroatoms. The lowest BCUT2D eigenvalue weighted by atomic mass is 10.1. The molecule has 0 atom stereocenters. The Labute approximate surface area is 88.8 Å². The molecule has 0 unspecified atom stereocenters. The van der Waals surface area contributed by atoms with Crippen molar-refractivity contribution in [1.82, 2.24) is 0 Å². The van der Waals surface area contributed by atoms with E-state index >= 15 is 0 Å². The third-order valence-corrected chi connectivity index (χ3v) is 2.38. The highest BCUT2D eigenvalue weighted by Crippen LogP contribution is 2.33. The van der Waals surface area contributed by atoms with Crippen LogP contribution < -0.4 is 5.32 Å². The summed E-state index contributed by atoms with van der Waals surface area (Å²) in [6.07, 6.45) is 0. The lowest BCUT2D eigenvalue weighted by Crippen LogP contribution is -2.06. The fraction of sp³-hybridized carbons (Fsp3) is 0.250. The van der Waals surface area contributed by atoms with E-state index in [-0.39, 0.29) is 5.91 Å². The van der Waals surface area contributed by atoms with Gasteiger partial charge in [0.25, 0.3) is 5.91 Å². The van der Waals surface area contributed by atoms with E-state index in [1.165, 1.54) is 0 Å². The number of anilines is 1. The van der Waals surface area contributed by atoms with Gasteiger partial charge >= 0.3 is 0 Å². The number of ether oxygens (including phenoxy) is 1. The van der Waals surface area contributed by atoms with Crippen molar-refractivity contribution in [2.24, 2.45) is 0 Å². The maximum absolute atomic E-state index is 11.7. The van der Waals surface area contributed by atoms with Gasteiger partial charge in [-0.25, -0.2) is 0 Å². The average Bonchev–Trinajstić information content (AvgIpc) is 2.54. The standard InChI is InChI=1S/C12H13NO2/c1-3-15-8(2)11-9-6-4-5-7-10(9)13-12(11)14/h4-7H,3H2,1-2H3,(H,13,14)/b11-8+. The molecule has 0 aliphatic carbocycles. The zero-order valence-corrected chi connectivity index (χ0v) is 8.83. The Morgan fingerprint density at radius 3 is 2.87 bits per heavy atom. The van der Waals surface area contributed by atoms with Gasteiger partial charge in [-0.1, -0.05) is 18.2 Å². The van der Waals surface area contributed by atoms with Gasteiger partial charge < -0.3 is 10.1 Å². The monoisotopic (exact) mass is 203 g/mol. The minimum Gasteiger partial charge on any atom is -0.498 e. The number of amides is 1. The first-order chi connectivity index (χ1) is 7.24. The van der Waals surface area contributed by atoms with E-state index in [2.05, 4.69) is 5.32 Å². The van der Waals surface area contributed by atoms with E-state index in [4.69, 9.17) is 4.74 Å². The molecule has 1 N–H and O–H groups in total. The number of carbonyl (C=O) groups is 1. The molecule has 1 aromatic carbocycles. The Balaban J connectivity index is 2.50. The highest BCUT2D eigenvalue weighted by molar-refractivity contribution is 6.31. The fourth-order valence-electron chi connectivity index (χ4n) is 1.76. The minimum absolute atomic E-state index is 0.0813. The van der Waals surface area contributed by atoms with Crippen LogP contribution in [0.2, 0.25) is 0 Å². The zero-order valence-electron chi connectivity index (χ0n) is 8.83. The molecular weight excluding hydrogens is 190 g/mol. The Morgan fingerprint density at radius 1 is 1.40 bits per heavy atom. The predicted molar refractivity (Wildman–Crippen MR) is 59.3 cm³/mol. The summed E-state index contributed by atoms with van der Waals surface area (Å²) in [5.41, 5.74) is 2.43. The molecular formula is C12H13NO2. The highest BCUT2D eigenvalue weighted by Gasteiger charge is 2.26. The van der Waals surface area contributed by atoms with E-state index in [1.807, 2.05) is 38.1 Å². The maximum atomic E-state index is 11.7. The summed E-state index contributed by atoms with van der Waals surface area (Å²) >= 11 is 0. The number of carbonyl (C=O) groups excluding carboxylic acids is 1. The lowest BCUT2D eigenvalue weighted by molar-refractivity contribution is -0.110. The Kier molecular flexibility index (Phi) is 2.46. The molecule has 1 aliphatic heterocycles. The smallest absolute Gasteiger partial charge is 0.259 e. The Hall–Kier alpha value is -1.77. The van der Waals surface area contributed by atoms with E-state index in [9.17, 15) is 4.79 Å². The molecule has 78 valence electrons. The molecule has 1 heterocycles. The molecule has 3 nitrogen and oxygen atoms in total. The van der Waals surface area contributed by atoms with Crippen LogP contribution in [0.1, 0.15) is 19.4 Å². The van der Waals surface area contributed by atoms with E-state index in [0.717, 1.165) is 11.3 Å². The normalized spacial score (nSPS) is 17.1. The predicted octanol–water partition coefficient (Wildman–Crippen LogP) is 2.41. The van der Waals surface area contributed by atoms with Crippen molar-refractivity contribution in [3.05, 3.63) is 35.6 Å². The molecule has 0 saturated carbocycles. The van der Waals surface area contributed by atoms with E-state index in [0.29, 0.717) is 17.9 Å². The number of nitrogens with one attached hydrogen (secondary N) is 1. The van der Waals surface area contributed by atoms with Crippen LogP contribution in [-0.2, 0) is 9.53 Å². The number of benzene rings is 1. The van der Waals surface area contributed by atoms with Crippen LogP contribution >= 0.6 is 0 Å². The van der Waals surface area contributed by atoms with Crippen LogP contribution in [-0.4, -0.2) is 12.5 Å². The van der Waals surface area contributed by atoms with Crippen LogP contribution in [0.4, 0.5) is 5.69 Å². The van der Waals surface area contributed by atoms with Gasteiger partial charge in [0.15, 0.2) is 0 Å². The molecule has 1 aromatic rings. The molecule has 1 amide bonds. The van der Waals surface area contributed by atoms with Crippen molar-refractivity contribution in [1.29, 1.82) is 0 Å². The van der Waals surface area contributed by atoms with Crippen molar-refractivity contribution in [2.45, 2.75) is 13.8 Å². The molecule has 0 saturated heterocycles. The summed E-state index contributed by atoms with van der Waals surface area (Å²) in [6, 6.07) is 7.63. The van der Waals surface area contributed by atoms with Crippen LogP contribution in [0.25, 0.3) is 5.57 Å². The lowest BCUT2D eigenvalue weighted by Gasteiger charge is -2.05. The average molecular weight is 203 g/mol. The van der Waals surface area contributed by atoms with E-state index in [1.54, 1.807) is 0 Å². The van der Waals surface area contributed by atoms with Crippen molar-refractivity contribution in [2.75, 3.05) is 11.9 Å². The first-order valence-corrected chi connectivity index (χ1v) is 4.98. The van der Waals surface area contributed by atoms with Gasteiger partial charge in [0, 0.05) is 11.3 Å². The zero-order chi connectivity index (χ0) is 10.8. The van der Waals surface area contributed by atoms with Gasteiger partial charge in [-0.3, -0.25) is 4.79 Å². The molecule has 1 aliphatic rings. The summed E-state index contributed by atoms with van der Waals surface area (Å²) in [5, 5.41) is 2.81. The Morgan fingerprint density at radius 2 is 2.13 bits per heavy atom. The number of rotatable bonds is 2. The van der Waals surface area contributed by atoms with Gasteiger partial charge in [0.2, 0.25) is 0 Å². The third-order valence-electron chi connectivity index (χ3n) is 2.38. The summed E-state index contributed by atoms with van der Waals surface area (Å²) in [7, 11) is 0. The molecule has 0 fully saturated rings. The summed E-state index contributed by atoms with van der Waals surface area (Å²) in [6.45, 7) is 4.30. The largest absolute Gasteiger partial charge is 0.498 e. The highest BCUT2D eigenvalue weighted by atomic mass is 16.5. The SMILES string of the molecule is CCO/C(C)=C1/C(=O)Nc2ccccc21. The second-order valence-electron chi connectivity index (χ2n) is 3.36. The van der Waals surface area contributed by atoms with Gasteiger partial charge in [-0.2, -0.15) is 0 Å². The van der Waals surface area contributed by atoms with Crippen molar-refractivity contribution in [3.63, 3.8) is 0 Å². The van der Waals surface area contributed by atoms with Gasteiger partial charge in [0.1, 0.15) is 5.76 Å².